The van der Waals surface area contributed by atoms with E-state index in [-0.39, 0.29) is 11.8 Å². The molecule has 2 aromatic rings. The van der Waals surface area contributed by atoms with Gasteiger partial charge in [0, 0.05) is 18.8 Å². The van der Waals surface area contributed by atoms with Crippen LogP contribution >= 0.6 is 23.1 Å². The van der Waals surface area contributed by atoms with Crippen molar-refractivity contribution in [3.63, 3.8) is 0 Å². The lowest BCUT2D eigenvalue weighted by atomic mass is 10.0. The predicted molar refractivity (Wildman–Crippen MR) is 76.4 cm³/mol. The zero-order chi connectivity index (χ0) is 12.5. The van der Waals surface area contributed by atoms with Gasteiger partial charge in [0.1, 0.15) is 0 Å². The zero-order valence-corrected chi connectivity index (χ0v) is 11.5. The molecule has 1 fully saturated rings. The van der Waals surface area contributed by atoms with Crippen molar-refractivity contribution in [3.05, 3.63) is 18.2 Å². The summed E-state index contributed by atoms with van der Waals surface area (Å²) < 4.78 is 2.17. The maximum absolute atomic E-state index is 11.8. The standard InChI is InChI=1S/C12H13N3OS2/c1-17-12-15-9-3-2-8(4-10(9)18-12)14-11(16)7-5-13-6-7/h2-4,7,13H,5-6H2,1H3,(H,14,16). The highest BCUT2D eigenvalue weighted by molar-refractivity contribution is 8.00. The lowest BCUT2D eigenvalue weighted by Gasteiger charge is -2.25. The van der Waals surface area contributed by atoms with Crippen molar-refractivity contribution in [1.29, 1.82) is 0 Å². The SMILES string of the molecule is CSc1nc2ccc(NC(=O)C3CNC3)cc2s1. The van der Waals surface area contributed by atoms with Crippen LogP contribution in [0.2, 0.25) is 0 Å². The molecule has 0 bridgehead atoms. The van der Waals surface area contributed by atoms with Gasteiger partial charge in [-0.1, -0.05) is 11.8 Å². The number of thioether (sulfide) groups is 1. The third-order valence-electron chi connectivity index (χ3n) is 2.96. The lowest BCUT2D eigenvalue weighted by molar-refractivity contribution is -0.121. The first-order valence-electron chi connectivity index (χ1n) is 5.72. The van der Waals surface area contributed by atoms with Gasteiger partial charge in [-0.05, 0) is 24.5 Å². The van der Waals surface area contributed by atoms with Crippen LogP contribution in [0.5, 0.6) is 0 Å². The fraction of sp³-hybridized carbons (Fsp3) is 0.333. The second-order valence-electron chi connectivity index (χ2n) is 4.21. The number of hydrogen-bond acceptors (Lipinski definition) is 5. The van der Waals surface area contributed by atoms with Gasteiger partial charge in [0.25, 0.3) is 0 Å². The van der Waals surface area contributed by atoms with Gasteiger partial charge in [0.05, 0.1) is 16.1 Å². The quantitative estimate of drug-likeness (QED) is 0.846. The van der Waals surface area contributed by atoms with Crippen molar-refractivity contribution in [2.75, 3.05) is 24.7 Å². The van der Waals surface area contributed by atoms with Crippen LogP contribution in [-0.2, 0) is 4.79 Å². The van der Waals surface area contributed by atoms with Crippen LogP contribution in [0.4, 0.5) is 5.69 Å². The van der Waals surface area contributed by atoms with Crippen LogP contribution in [0.1, 0.15) is 0 Å². The van der Waals surface area contributed by atoms with Crippen molar-refractivity contribution in [3.8, 4) is 0 Å². The molecule has 18 heavy (non-hydrogen) atoms. The van der Waals surface area contributed by atoms with E-state index in [9.17, 15) is 4.79 Å². The molecule has 0 aliphatic carbocycles. The minimum Gasteiger partial charge on any atom is -0.326 e. The van der Waals surface area contributed by atoms with Gasteiger partial charge in [-0.2, -0.15) is 0 Å². The average Bonchev–Trinajstić information content (AvgIpc) is 2.68. The molecule has 1 aromatic carbocycles. The number of anilines is 1. The summed E-state index contributed by atoms with van der Waals surface area (Å²) in [5.41, 5.74) is 1.85. The van der Waals surface area contributed by atoms with Crippen molar-refractivity contribution >= 4 is 44.9 Å². The topological polar surface area (TPSA) is 54.0 Å². The first-order valence-corrected chi connectivity index (χ1v) is 7.76. The van der Waals surface area contributed by atoms with E-state index < -0.39 is 0 Å². The molecule has 2 heterocycles. The van der Waals surface area contributed by atoms with E-state index in [1.54, 1.807) is 23.1 Å². The maximum Gasteiger partial charge on any atom is 0.230 e. The number of nitrogens with zero attached hydrogens (tertiary/aromatic N) is 1. The summed E-state index contributed by atoms with van der Waals surface area (Å²) in [7, 11) is 0. The Bertz CT molecular complexity index is 592. The van der Waals surface area contributed by atoms with Gasteiger partial charge in [0.2, 0.25) is 5.91 Å². The number of carbonyl (C=O) groups is 1. The Kier molecular flexibility index (Phi) is 3.23. The van der Waals surface area contributed by atoms with Gasteiger partial charge >= 0.3 is 0 Å². The molecule has 2 N–H and O–H groups in total. The third kappa shape index (κ3) is 2.23. The summed E-state index contributed by atoms with van der Waals surface area (Å²) in [4.78, 5) is 16.3. The van der Waals surface area contributed by atoms with Crippen molar-refractivity contribution < 1.29 is 4.79 Å². The zero-order valence-electron chi connectivity index (χ0n) is 9.90. The van der Waals surface area contributed by atoms with Gasteiger partial charge < -0.3 is 10.6 Å². The smallest absolute Gasteiger partial charge is 0.230 e. The molecular formula is C12H13N3OS2. The number of rotatable bonds is 3. The summed E-state index contributed by atoms with van der Waals surface area (Å²) in [6, 6.07) is 5.87. The molecule has 0 unspecified atom stereocenters. The number of carbonyl (C=O) groups excluding carboxylic acids is 1. The minimum atomic E-state index is 0.0997. The number of nitrogens with one attached hydrogen (secondary N) is 2. The Morgan fingerprint density at radius 1 is 1.56 bits per heavy atom. The fourth-order valence-electron chi connectivity index (χ4n) is 1.79. The fourth-order valence-corrected chi connectivity index (χ4v) is 3.32. The molecule has 1 aliphatic rings. The second kappa shape index (κ2) is 4.87. The molecule has 1 amide bonds. The first-order chi connectivity index (χ1) is 8.76. The predicted octanol–water partition coefficient (Wildman–Crippen LogP) is 2.18. The highest BCUT2D eigenvalue weighted by atomic mass is 32.2. The number of thiazole rings is 1. The van der Waals surface area contributed by atoms with Crippen LogP contribution in [0.15, 0.2) is 22.5 Å². The molecule has 1 saturated heterocycles. The Balaban J connectivity index is 1.81. The van der Waals surface area contributed by atoms with E-state index in [0.29, 0.717) is 0 Å². The van der Waals surface area contributed by atoms with Crippen molar-refractivity contribution in [1.82, 2.24) is 10.3 Å². The summed E-state index contributed by atoms with van der Waals surface area (Å²) in [5, 5.41) is 6.05. The summed E-state index contributed by atoms with van der Waals surface area (Å²) in [6.45, 7) is 1.57. The number of hydrogen-bond donors (Lipinski definition) is 2. The molecular weight excluding hydrogens is 266 g/mol. The van der Waals surface area contributed by atoms with Gasteiger partial charge in [-0.15, -0.1) is 11.3 Å². The first kappa shape index (κ1) is 12.0. The number of aromatic nitrogens is 1. The van der Waals surface area contributed by atoms with Crippen LogP contribution in [0, 0.1) is 5.92 Å². The molecule has 3 rings (SSSR count). The Labute approximate surface area is 113 Å². The normalized spacial score (nSPS) is 15.6. The molecule has 0 saturated carbocycles. The van der Waals surface area contributed by atoms with Crippen LogP contribution in [-0.4, -0.2) is 30.2 Å². The molecule has 1 aromatic heterocycles. The third-order valence-corrected chi connectivity index (χ3v) is 4.97. The highest BCUT2D eigenvalue weighted by Crippen LogP contribution is 2.30. The van der Waals surface area contributed by atoms with E-state index >= 15 is 0 Å². The molecule has 4 nitrogen and oxygen atoms in total. The minimum absolute atomic E-state index is 0.0997. The monoisotopic (exact) mass is 279 g/mol. The maximum atomic E-state index is 11.8. The molecule has 94 valence electrons. The molecule has 0 spiro atoms. The second-order valence-corrected chi connectivity index (χ2v) is 6.29. The van der Waals surface area contributed by atoms with Crippen molar-refractivity contribution in [2.45, 2.75) is 4.34 Å². The Hall–Kier alpha value is -1.11. The van der Waals surface area contributed by atoms with Crippen molar-refractivity contribution in [2.24, 2.45) is 5.92 Å². The van der Waals surface area contributed by atoms with E-state index in [1.807, 2.05) is 24.5 Å². The van der Waals surface area contributed by atoms with Gasteiger partial charge in [-0.3, -0.25) is 4.79 Å². The summed E-state index contributed by atoms with van der Waals surface area (Å²) in [6.07, 6.45) is 2.02. The largest absolute Gasteiger partial charge is 0.326 e. The molecule has 1 aliphatic heterocycles. The lowest BCUT2D eigenvalue weighted by Crippen LogP contribution is -2.48. The molecule has 0 radical (unpaired) electrons. The van der Waals surface area contributed by atoms with E-state index in [2.05, 4.69) is 15.6 Å². The highest BCUT2D eigenvalue weighted by Gasteiger charge is 2.24. The number of amides is 1. The Morgan fingerprint density at radius 2 is 2.39 bits per heavy atom. The summed E-state index contributed by atoms with van der Waals surface area (Å²) >= 11 is 3.30. The van der Waals surface area contributed by atoms with E-state index in [0.717, 1.165) is 33.3 Å². The van der Waals surface area contributed by atoms with E-state index in [1.165, 1.54) is 0 Å². The van der Waals surface area contributed by atoms with Gasteiger partial charge in [-0.25, -0.2) is 4.98 Å². The van der Waals surface area contributed by atoms with Crippen LogP contribution in [0.25, 0.3) is 10.2 Å². The number of benzene rings is 1. The summed E-state index contributed by atoms with van der Waals surface area (Å²) in [5.74, 6) is 0.214. The van der Waals surface area contributed by atoms with E-state index in [4.69, 9.17) is 0 Å². The molecule has 6 heteroatoms. The van der Waals surface area contributed by atoms with Crippen LogP contribution in [0.3, 0.4) is 0 Å². The Morgan fingerprint density at radius 3 is 3.06 bits per heavy atom. The average molecular weight is 279 g/mol. The molecule has 0 atom stereocenters. The van der Waals surface area contributed by atoms with Gasteiger partial charge in [0.15, 0.2) is 4.34 Å². The van der Waals surface area contributed by atoms with Crippen LogP contribution < -0.4 is 10.6 Å². The number of fused-ring (bicyclic) bond motifs is 1.